The molecule has 0 atom stereocenters. The molecule has 2 aromatic rings. The van der Waals surface area contributed by atoms with Crippen molar-refractivity contribution in [3.63, 3.8) is 0 Å². The van der Waals surface area contributed by atoms with E-state index in [1.54, 1.807) is 13.8 Å². The van der Waals surface area contributed by atoms with Crippen molar-refractivity contribution in [1.82, 2.24) is 14.1 Å². The molecule has 1 heterocycles. The zero-order valence-electron chi connectivity index (χ0n) is 15.2. The molecular formula is C16H16Cl2F3N3O3S. The topological polar surface area (TPSA) is 72.3 Å². The van der Waals surface area contributed by atoms with E-state index >= 15 is 0 Å². The molecule has 0 saturated heterocycles. The van der Waals surface area contributed by atoms with Crippen LogP contribution >= 0.6 is 23.2 Å². The van der Waals surface area contributed by atoms with Gasteiger partial charge in [-0.25, -0.2) is 8.42 Å². The third-order valence-electron chi connectivity index (χ3n) is 4.05. The average molecular weight is 458 g/mol. The Morgan fingerprint density at radius 1 is 1.14 bits per heavy atom. The van der Waals surface area contributed by atoms with Crippen molar-refractivity contribution in [1.29, 1.82) is 0 Å². The molecule has 0 unspecified atom stereocenters. The predicted molar refractivity (Wildman–Crippen MR) is 100 cm³/mol. The molecule has 0 N–H and O–H groups in total. The predicted octanol–water partition coefficient (Wildman–Crippen LogP) is 3.80. The van der Waals surface area contributed by atoms with Crippen LogP contribution in [-0.4, -0.2) is 35.6 Å². The van der Waals surface area contributed by atoms with E-state index in [2.05, 4.69) is 5.10 Å². The molecule has 0 amide bonds. The second-order valence-corrected chi connectivity index (χ2v) is 9.02. The number of hydrogen-bond acceptors (Lipinski definition) is 4. The van der Waals surface area contributed by atoms with Gasteiger partial charge in [0.25, 0.3) is 0 Å². The molecule has 154 valence electrons. The maximum Gasteiger partial charge on any atom is 0.433 e. The Labute approximate surface area is 169 Å². The van der Waals surface area contributed by atoms with Gasteiger partial charge in [0, 0.05) is 31.8 Å². The van der Waals surface area contributed by atoms with Crippen molar-refractivity contribution in [3.8, 4) is 11.3 Å². The summed E-state index contributed by atoms with van der Waals surface area (Å²) in [6.45, 7) is 3.30. The van der Waals surface area contributed by atoms with E-state index in [0.717, 1.165) is 23.5 Å². The van der Waals surface area contributed by atoms with Crippen molar-refractivity contribution >= 4 is 33.2 Å². The minimum absolute atomic E-state index is 0.125. The number of rotatable bonds is 4. The molecule has 6 nitrogen and oxygen atoms in total. The fourth-order valence-electron chi connectivity index (χ4n) is 2.33. The van der Waals surface area contributed by atoms with E-state index in [-0.39, 0.29) is 20.5 Å². The van der Waals surface area contributed by atoms with Gasteiger partial charge in [-0.1, -0.05) is 23.2 Å². The van der Waals surface area contributed by atoms with Gasteiger partial charge in [0.2, 0.25) is 15.5 Å². The van der Waals surface area contributed by atoms with Crippen LogP contribution < -0.4 is 5.43 Å². The van der Waals surface area contributed by atoms with E-state index in [0.29, 0.717) is 10.7 Å². The van der Waals surface area contributed by atoms with Crippen LogP contribution in [0.15, 0.2) is 27.9 Å². The first-order chi connectivity index (χ1) is 12.7. The van der Waals surface area contributed by atoms with Crippen LogP contribution in [0.2, 0.25) is 10.0 Å². The van der Waals surface area contributed by atoms with Crippen LogP contribution in [0.1, 0.15) is 19.5 Å². The van der Waals surface area contributed by atoms with Gasteiger partial charge in [-0.3, -0.25) is 9.48 Å². The molecule has 0 spiro atoms. The lowest BCUT2D eigenvalue weighted by Crippen LogP contribution is -2.33. The normalized spacial score (nSPS) is 12.8. The Morgan fingerprint density at radius 3 is 2.21 bits per heavy atom. The number of halogens is 5. The van der Waals surface area contributed by atoms with Crippen LogP contribution in [0.4, 0.5) is 13.2 Å². The van der Waals surface area contributed by atoms with Gasteiger partial charge >= 0.3 is 6.18 Å². The first-order valence-electron chi connectivity index (χ1n) is 7.81. The molecule has 0 fully saturated rings. The van der Waals surface area contributed by atoms with Crippen LogP contribution in [0.3, 0.4) is 0 Å². The highest BCUT2D eigenvalue weighted by Gasteiger charge is 2.35. The Hall–Kier alpha value is -1.62. The lowest BCUT2D eigenvalue weighted by Gasteiger charge is -2.22. The summed E-state index contributed by atoms with van der Waals surface area (Å²) in [5.74, 6) is 0. The standard InChI is InChI=1S/C16H16Cl2F3N3O3S/c1-8(2)24(4)28(26,27)13-5-9(10(17)6-11(13)18)15-12(25)7-14(16(19,20)21)23(3)22-15/h5-8H,1-4H3. The fraction of sp³-hybridized carbons (Fsp3) is 0.375. The number of nitrogens with zero attached hydrogens (tertiary/aromatic N) is 3. The quantitative estimate of drug-likeness (QED) is 0.699. The monoisotopic (exact) mass is 457 g/mol. The lowest BCUT2D eigenvalue weighted by molar-refractivity contribution is -0.144. The maximum absolute atomic E-state index is 13.0. The highest BCUT2D eigenvalue weighted by Crippen LogP contribution is 2.35. The summed E-state index contributed by atoms with van der Waals surface area (Å²) in [6.07, 6.45) is -4.78. The van der Waals surface area contributed by atoms with Crippen LogP contribution in [0.25, 0.3) is 11.3 Å². The molecule has 0 aliphatic heterocycles. The molecule has 28 heavy (non-hydrogen) atoms. The van der Waals surface area contributed by atoms with Gasteiger partial charge < -0.3 is 0 Å². The zero-order chi connectivity index (χ0) is 21.6. The molecule has 0 radical (unpaired) electrons. The summed E-state index contributed by atoms with van der Waals surface area (Å²) in [4.78, 5) is 11.9. The molecule has 0 saturated carbocycles. The molecule has 1 aromatic carbocycles. The van der Waals surface area contributed by atoms with Gasteiger partial charge in [-0.05, 0) is 26.0 Å². The number of alkyl halides is 3. The molecule has 0 aliphatic carbocycles. The molecule has 12 heteroatoms. The smallest absolute Gasteiger partial charge is 0.287 e. The van der Waals surface area contributed by atoms with Gasteiger partial charge in [-0.15, -0.1) is 0 Å². The van der Waals surface area contributed by atoms with Crippen molar-refractivity contribution in [2.45, 2.75) is 31.0 Å². The Morgan fingerprint density at radius 2 is 1.71 bits per heavy atom. The third-order valence-corrected chi connectivity index (χ3v) is 6.86. The Bertz CT molecular complexity index is 1080. The summed E-state index contributed by atoms with van der Waals surface area (Å²) in [6, 6.07) is 2.13. The minimum Gasteiger partial charge on any atom is -0.287 e. The summed E-state index contributed by atoms with van der Waals surface area (Å²) in [5.41, 5.74) is -2.88. The number of sulfonamides is 1. The number of aryl methyl sites for hydroxylation is 1. The zero-order valence-corrected chi connectivity index (χ0v) is 17.5. The van der Waals surface area contributed by atoms with Gasteiger partial charge in [0.05, 0.1) is 10.0 Å². The van der Waals surface area contributed by atoms with Crippen molar-refractivity contribution in [2.75, 3.05) is 7.05 Å². The number of benzene rings is 1. The first kappa shape index (κ1) is 22.7. The number of hydrogen-bond donors (Lipinski definition) is 0. The average Bonchev–Trinajstić information content (AvgIpc) is 2.54. The molecule has 0 bridgehead atoms. The Kier molecular flexibility index (Phi) is 6.20. The van der Waals surface area contributed by atoms with E-state index < -0.39 is 39.1 Å². The first-order valence-corrected chi connectivity index (χ1v) is 10.0. The summed E-state index contributed by atoms with van der Waals surface area (Å²) in [5, 5.41) is 3.34. The van der Waals surface area contributed by atoms with Gasteiger partial charge in [0.1, 0.15) is 16.3 Å². The van der Waals surface area contributed by atoms with E-state index in [4.69, 9.17) is 23.2 Å². The van der Waals surface area contributed by atoms with Crippen molar-refractivity contribution in [3.05, 3.63) is 44.2 Å². The van der Waals surface area contributed by atoms with Gasteiger partial charge in [-0.2, -0.15) is 22.6 Å². The van der Waals surface area contributed by atoms with Crippen LogP contribution in [0.5, 0.6) is 0 Å². The summed E-state index contributed by atoms with van der Waals surface area (Å²) in [7, 11) is -1.68. The van der Waals surface area contributed by atoms with Crippen LogP contribution in [0, 0.1) is 0 Å². The second-order valence-electron chi connectivity index (χ2n) is 6.24. The maximum atomic E-state index is 13.0. The highest BCUT2D eigenvalue weighted by atomic mass is 35.5. The summed E-state index contributed by atoms with van der Waals surface area (Å²) < 4.78 is 65.9. The third kappa shape index (κ3) is 4.19. The fourth-order valence-corrected chi connectivity index (χ4v) is 4.53. The highest BCUT2D eigenvalue weighted by molar-refractivity contribution is 7.89. The molecule has 1 aromatic heterocycles. The summed E-state index contributed by atoms with van der Waals surface area (Å²) >= 11 is 12.1. The molecular weight excluding hydrogens is 442 g/mol. The van der Waals surface area contributed by atoms with Crippen LogP contribution in [-0.2, 0) is 23.2 Å². The molecule has 2 rings (SSSR count). The SMILES string of the molecule is CC(C)N(C)S(=O)(=O)c1cc(-c2nn(C)c(C(F)(F)F)cc2=O)c(Cl)cc1Cl. The van der Waals surface area contributed by atoms with E-state index in [1.165, 1.54) is 7.05 Å². The van der Waals surface area contributed by atoms with E-state index in [1.807, 2.05) is 0 Å². The lowest BCUT2D eigenvalue weighted by atomic mass is 10.1. The second kappa shape index (κ2) is 7.66. The van der Waals surface area contributed by atoms with Gasteiger partial charge in [0.15, 0.2) is 0 Å². The van der Waals surface area contributed by atoms with Crippen molar-refractivity contribution in [2.24, 2.45) is 7.05 Å². The largest absolute Gasteiger partial charge is 0.433 e. The number of aromatic nitrogens is 2. The van der Waals surface area contributed by atoms with E-state index in [9.17, 15) is 26.4 Å². The minimum atomic E-state index is -4.78. The molecule has 0 aliphatic rings. The van der Waals surface area contributed by atoms with Crippen molar-refractivity contribution < 1.29 is 21.6 Å². The Balaban J connectivity index is 2.76.